The van der Waals surface area contributed by atoms with E-state index >= 15 is 0 Å². The van der Waals surface area contributed by atoms with Crippen LogP contribution >= 0.6 is 11.6 Å². The van der Waals surface area contributed by atoms with Crippen LogP contribution in [-0.4, -0.2) is 29.6 Å². The number of β-amino-alcohol motifs (C(OH)–C–C–N with tert-alkyl or cyclic N) is 1. The quantitative estimate of drug-likeness (QED) is 0.716. The Balaban J connectivity index is 1.82. The Morgan fingerprint density at radius 1 is 1.35 bits per heavy atom. The summed E-state index contributed by atoms with van der Waals surface area (Å²) < 4.78 is 0. The molecule has 128 valence electrons. The summed E-state index contributed by atoms with van der Waals surface area (Å²) in [5.41, 5.74) is -0.0651. The standard InChI is InChI=1S/C18H27ClN2O2/c1-18(2,17(23)20-11-13-7-3-4-8-13)21-12-16(22)14-9-5-6-10-15(14)19/h5-6,9-10,13,16,21-22H,3-4,7-8,11-12H2,1-2H3,(H,20,23). The van der Waals surface area contributed by atoms with Crippen LogP contribution in [0, 0.1) is 5.92 Å². The predicted molar refractivity (Wildman–Crippen MR) is 93.5 cm³/mol. The van der Waals surface area contributed by atoms with Gasteiger partial charge in [0.1, 0.15) is 0 Å². The highest BCUT2D eigenvalue weighted by Gasteiger charge is 2.28. The van der Waals surface area contributed by atoms with Crippen molar-refractivity contribution in [1.29, 1.82) is 0 Å². The summed E-state index contributed by atoms with van der Waals surface area (Å²) in [5, 5.41) is 17.0. The average Bonchev–Trinajstić information content (AvgIpc) is 3.04. The molecular formula is C18H27ClN2O2. The normalized spacial score (nSPS) is 17.2. The van der Waals surface area contributed by atoms with Crippen molar-refractivity contribution >= 4 is 17.5 Å². The van der Waals surface area contributed by atoms with Crippen molar-refractivity contribution < 1.29 is 9.90 Å². The van der Waals surface area contributed by atoms with Crippen molar-refractivity contribution in [3.63, 3.8) is 0 Å². The minimum Gasteiger partial charge on any atom is -0.387 e. The van der Waals surface area contributed by atoms with Gasteiger partial charge in [-0.2, -0.15) is 0 Å². The first-order chi connectivity index (χ1) is 10.9. The molecule has 0 radical (unpaired) electrons. The number of halogens is 1. The van der Waals surface area contributed by atoms with Gasteiger partial charge >= 0.3 is 0 Å². The highest BCUT2D eigenvalue weighted by Crippen LogP contribution is 2.24. The Morgan fingerprint density at radius 3 is 2.65 bits per heavy atom. The number of rotatable bonds is 7. The predicted octanol–water partition coefficient (Wildman–Crippen LogP) is 3.05. The summed E-state index contributed by atoms with van der Waals surface area (Å²) >= 11 is 6.09. The van der Waals surface area contributed by atoms with Crippen molar-refractivity contribution in [1.82, 2.24) is 10.6 Å². The van der Waals surface area contributed by atoms with Crippen LogP contribution in [0.5, 0.6) is 0 Å². The highest BCUT2D eigenvalue weighted by molar-refractivity contribution is 6.31. The molecule has 1 unspecified atom stereocenters. The van der Waals surface area contributed by atoms with E-state index in [2.05, 4.69) is 10.6 Å². The topological polar surface area (TPSA) is 61.4 Å². The summed E-state index contributed by atoms with van der Waals surface area (Å²) in [4.78, 5) is 12.4. The van der Waals surface area contributed by atoms with Gasteiger partial charge in [-0.05, 0) is 38.7 Å². The van der Waals surface area contributed by atoms with Gasteiger partial charge in [-0.1, -0.05) is 42.6 Å². The minimum atomic E-state index is -0.745. The van der Waals surface area contributed by atoms with E-state index in [0.29, 0.717) is 16.5 Å². The van der Waals surface area contributed by atoms with E-state index in [4.69, 9.17) is 11.6 Å². The largest absolute Gasteiger partial charge is 0.387 e. The fourth-order valence-electron chi connectivity index (χ4n) is 2.96. The van der Waals surface area contributed by atoms with Crippen LogP contribution in [0.4, 0.5) is 0 Å². The lowest BCUT2D eigenvalue weighted by molar-refractivity contribution is -0.126. The van der Waals surface area contributed by atoms with Gasteiger partial charge in [-0.3, -0.25) is 4.79 Å². The van der Waals surface area contributed by atoms with Crippen LogP contribution in [0.3, 0.4) is 0 Å². The summed E-state index contributed by atoms with van der Waals surface area (Å²) in [5.74, 6) is 0.583. The van der Waals surface area contributed by atoms with Gasteiger partial charge in [0, 0.05) is 23.7 Å². The van der Waals surface area contributed by atoms with E-state index in [0.717, 1.165) is 6.54 Å². The number of nitrogens with one attached hydrogen (secondary N) is 2. The molecule has 0 heterocycles. The molecular weight excluding hydrogens is 312 g/mol. The molecule has 1 aliphatic carbocycles. The number of benzene rings is 1. The number of amides is 1. The molecule has 0 aliphatic heterocycles. The number of aliphatic hydroxyl groups is 1. The molecule has 23 heavy (non-hydrogen) atoms. The molecule has 0 aromatic heterocycles. The third-order valence-electron chi connectivity index (χ3n) is 4.60. The van der Waals surface area contributed by atoms with Crippen molar-refractivity contribution in [2.24, 2.45) is 5.92 Å². The number of aliphatic hydroxyl groups excluding tert-OH is 1. The van der Waals surface area contributed by atoms with Crippen molar-refractivity contribution in [2.75, 3.05) is 13.1 Å². The molecule has 0 bridgehead atoms. The Bertz CT molecular complexity index is 528. The van der Waals surface area contributed by atoms with Crippen LogP contribution in [0.15, 0.2) is 24.3 Å². The van der Waals surface area contributed by atoms with Gasteiger partial charge < -0.3 is 15.7 Å². The van der Waals surface area contributed by atoms with Gasteiger partial charge in [-0.15, -0.1) is 0 Å². The van der Waals surface area contributed by atoms with E-state index in [9.17, 15) is 9.90 Å². The molecule has 1 amide bonds. The van der Waals surface area contributed by atoms with Crippen molar-refractivity contribution in [3.8, 4) is 0 Å². The Hall–Kier alpha value is -1.10. The first-order valence-corrected chi connectivity index (χ1v) is 8.74. The molecule has 0 spiro atoms. The SMILES string of the molecule is CC(C)(NCC(O)c1ccccc1Cl)C(=O)NCC1CCCC1. The molecule has 3 N–H and O–H groups in total. The first-order valence-electron chi connectivity index (χ1n) is 8.36. The van der Waals surface area contributed by atoms with Crippen LogP contribution in [0.25, 0.3) is 0 Å². The Morgan fingerprint density at radius 2 is 2.00 bits per heavy atom. The molecule has 1 aromatic carbocycles. The highest BCUT2D eigenvalue weighted by atomic mass is 35.5. The second kappa shape index (κ2) is 8.13. The molecule has 4 nitrogen and oxygen atoms in total. The lowest BCUT2D eigenvalue weighted by Crippen LogP contribution is -2.54. The summed E-state index contributed by atoms with van der Waals surface area (Å²) in [6.45, 7) is 4.68. The second-order valence-corrected chi connectivity index (χ2v) is 7.31. The van der Waals surface area contributed by atoms with Crippen molar-refractivity contribution in [2.45, 2.75) is 51.2 Å². The lowest BCUT2D eigenvalue weighted by atomic mass is 10.0. The fraction of sp³-hybridized carbons (Fsp3) is 0.611. The maximum Gasteiger partial charge on any atom is 0.239 e. The zero-order chi connectivity index (χ0) is 16.9. The molecule has 5 heteroatoms. The van der Waals surface area contributed by atoms with E-state index in [-0.39, 0.29) is 12.5 Å². The lowest BCUT2D eigenvalue weighted by Gasteiger charge is -2.27. The zero-order valence-electron chi connectivity index (χ0n) is 13.9. The van der Waals surface area contributed by atoms with Gasteiger partial charge in [0.25, 0.3) is 0 Å². The van der Waals surface area contributed by atoms with Gasteiger partial charge in [-0.25, -0.2) is 0 Å². The van der Waals surface area contributed by atoms with E-state index in [1.807, 2.05) is 26.0 Å². The number of hydrogen-bond acceptors (Lipinski definition) is 3. The summed E-state index contributed by atoms with van der Waals surface area (Å²) in [6, 6.07) is 7.21. The molecule has 0 saturated heterocycles. The maximum atomic E-state index is 12.4. The second-order valence-electron chi connectivity index (χ2n) is 6.90. The average molecular weight is 339 g/mol. The van der Waals surface area contributed by atoms with Gasteiger partial charge in [0.2, 0.25) is 5.91 Å². The third kappa shape index (κ3) is 5.20. The monoisotopic (exact) mass is 338 g/mol. The smallest absolute Gasteiger partial charge is 0.239 e. The minimum absolute atomic E-state index is 0.0317. The molecule has 1 aliphatic rings. The third-order valence-corrected chi connectivity index (χ3v) is 4.94. The van der Waals surface area contributed by atoms with Crippen molar-refractivity contribution in [3.05, 3.63) is 34.9 Å². The Kier molecular flexibility index (Phi) is 6.45. The van der Waals surface area contributed by atoms with Crippen LogP contribution in [-0.2, 0) is 4.79 Å². The first kappa shape index (κ1) is 18.2. The number of hydrogen-bond donors (Lipinski definition) is 3. The summed E-state index contributed by atoms with van der Waals surface area (Å²) in [7, 11) is 0. The zero-order valence-corrected chi connectivity index (χ0v) is 14.7. The van der Waals surface area contributed by atoms with Crippen LogP contribution in [0.1, 0.15) is 51.2 Å². The molecule has 1 atom stereocenters. The van der Waals surface area contributed by atoms with E-state index in [1.165, 1.54) is 25.7 Å². The number of carbonyl (C=O) groups excluding carboxylic acids is 1. The number of carbonyl (C=O) groups is 1. The molecule has 1 aromatic rings. The maximum absolute atomic E-state index is 12.4. The summed E-state index contributed by atoms with van der Waals surface area (Å²) in [6.07, 6.45) is 4.21. The molecule has 1 fully saturated rings. The van der Waals surface area contributed by atoms with Gasteiger partial charge in [0.05, 0.1) is 11.6 Å². The van der Waals surface area contributed by atoms with Crippen LogP contribution < -0.4 is 10.6 Å². The molecule has 1 saturated carbocycles. The molecule has 2 rings (SSSR count). The van der Waals surface area contributed by atoms with E-state index in [1.54, 1.807) is 12.1 Å². The fourth-order valence-corrected chi connectivity index (χ4v) is 3.22. The van der Waals surface area contributed by atoms with Crippen LogP contribution in [0.2, 0.25) is 5.02 Å². The Labute approximate surface area is 143 Å². The van der Waals surface area contributed by atoms with E-state index < -0.39 is 11.6 Å². The van der Waals surface area contributed by atoms with Gasteiger partial charge in [0.15, 0.2) is 0 Å².